The Bertz CT molecular complexity index is 1060. The van der Waals surface area contributed by atoms with Crippen molar-refractivity contribution in [1.82, 2.24) is 34.0 Å². The van der Waals surface area contributed by atoms with Gasteiger partial charge in [0.2, 0.25) is 10.0 Å². The van der Waals surface area contributed by atoms with Gasteiger partial charge in [-0.3, -0.25) is 9.80 Å². The Morgan fingerprint density at radius 3 is 2.26 bits per heavy atom. The minimum atomic E-state index is -3.32. The molecule has 3 saturated heterocycles. The Kier molecular flexibility index (Phi) is 6.99. The zero-order valence-electron chi connectivity index (χ0n) is 19.8. The van der Waals surface area contributed by atoms with Gasteiger partial charge in [-0.1, -0.05) is 17.3 Å². The summed E-state index contributed by atoms with van der Waals surface area (Å²) in [5, 5.41) is 8.30. The van der Waals surface area contributed by atoms with Crippen molar-refractivity contribution in [2.24, 2.45) is 0 Å². The second-order valence-corrected chi connectivity index (χ2v) is 11.9. The lowest BCUT2D eigenvalue weighted by molar-refractivity contribution is 0.0496. The van der Waals surface area contributed by atoms with Crippen LogP contribution in [0.25, 0.3) is 0 Å². The van der Waals surface area contributed by atoms with E-state index in [9.17, 15) is 12.8 Å². The summed E-state index contributed by atoms with van der Waals surface area (Å²) in [5.74, 6) is -0.106. The third kappa shape index (κ3) is 5.49. The maximum atomic E-state index is 13.1. The number of benzene rings is 1. The van der Waals surface area contributed by atoms with Crippen LogP contribution in [0.1, 0.15) is 24.1 Å². The zero-order chi connectivity index (χ0) is 23.7. The molecule has 0 N–H and O–H groups in total. The van der Waals surface area contributed by atoms with Gasteiger partial charge in [0.25, 0.3) is 0 Å². The van der Waals surface area contributed by atoms with Crippen LogP contribution in [0.3, 0.4) is 0 Å². The van der Waals surface area contributed by atoms with Crippen molar-refractivity contribution in [2.75, 3.05) is 58.6 Å². The van der Waals surface area contributed by atoms with Crippen molar-refractivity contribution < 1.29 is 12.8 Å². The number of sulfonamides is 1. The van der Waals surface area contributed by atoms with E-state index in [0.29, 0.717) is 24.8 Å². The molecule has 34 heavy (non-hydrogen) atoms. The van der Waals surface area contributed by atoms with E-state index < -0.39 is 10.0 Å². The molecule has 0 spiro atoms. The highest BCUT2D eigenvalue weighted by atomic mass is 32.2. The molecular formula is C23H34FN7O2S. The molecule has 186 valence electrons. The quantitative estimate of drug-likeness (QED) is 0.589. The minimum absolute atomic E-state index is 0.0268. The standard InChI is InChI=1S/C23H34FN7O2S/c1-27-8-6-22(7-9-27)28-10-12-29(13-11-28)23-17-31(34(32,33)18-23)16-21-15-30(26-25-21)14-19-2-4-20(24)5-3-19/h2-5,15,22-23H,6-14,16-18H2,1H3. The first-order valence-corrected chi connectivity index (χ1v) is 13.7. The van der Waals surface area contributed by atoms with Crippen LogP contribution in [0.4, 0.5) is 4.39 Å². The Morgan fingerprint density at radius 2 is 1.59 bits per heavy atom. The number of halogens is 1. The van der Waals surface area contributed by atoms with Gasteiger partial charge in [-0.25, -0.2) is 17.5 Å². The number of hydrogen-bond donors (Lipinski definition) is 0. The minimum Gasteiger partial charge on any atom is -0.306 e. The average Bonchev–Trinajstić information content (AvgIpc) is 3.39. The summed E-state index contributed by atoms with van der Waals surface area (Å²) in [6, 6.07) is 6.94. The zero-order valence-corrected chi connectivity index (χ0v) is 20.6. The fourth-order valence-corrected chi connectivity index (χ4v) is 7.15. The molecule has 1 atom stereocenters. The fourth-order valence-electron chi connectivity index (χ4n) is 5.41. The molecule has 0 bridgehead atoms. The van der Waals surface area contributed by atoms with Gasteiger partial charge >= 0.3 is 0 Å². The molecule has 9 nitrogen and oxygen atoms in total. The van der Waals surface area contributed by atoms with Crippen LogP contribution in [-0.2, 0) is 23.1 Å². The molecule has 0 aliphatic carbocycles. The monoisotopic (exact) mass is 491 g/mol. The van der Waals surface area contributed by atoms with Crippen LogP contribution < -0.4 is 0 Å². The summed E-state index contributed by atoms with van der Waals surface area (Å²) in [6.45, 7) is 7.40. The summed E-state index contributed by atoms with van der Waals surface area (Å²) in [7, 11) is -1.14. The molecule has 1 aromatic carbocycles. The second-order valence-electron chi connectivity index (χ2n) is 9.87. The summed E-state index contributed by atoms with van der Waals surface area (Å²) in [5.41, 5.74) is 1.53. The third-order valence-electron chi connectivity index (χ3n) is 7.46. The number of aromatic nitrogens is 3. The fraction of sp³-hybridized carbons (Fsp3) is 0.652. The Labute approximate surface area is 201 Å². The van der Waals surface area contributed by atoms with Crippen molar-refractivity contribution in [3.8, 4) is 0 Å². The number of rotatable bonds is 6. The van der Waals surface area contributed by atoms with Gasteiger partial charge < -0.3 is 4.90 Å². The van der Waals surface area contributed by atoms with Gasteiger partial charge in [-0.2, -0.15) is 4.31 Å². The molecule has 0 radical (unpaired) electrons. The lowest BCUT2D eigenvalue weighted by Gasteiger charge is -2.43. The predicted molar refractivity (Wildman–Crippen MR) is 127 cm³/mol. The molecule has 2 aromatic rings. The molecule has 4 heterocycles. The number of nitrogens with zero attached hydrogens (tertiary/aromatic N) is 7. The smallest absolute Gasteiger partial charge is 0.216 e. The summed E-state index contributed by atoms with van der Waals surface area (Å²) in [4.78, 5) is 7.35. The summed E-state index contributed by atoms with van der Waals surface area (Å²) < 4.78 is 42.1. The Hall–Kier alpha value is -1.92. The van der Waals surface area contributed by atoms with E-state index in [-0.39, 0.29) is 24.2 Å². The first-order valence-electron chi connectivity index (χ1n) is 12.1. The van der Waals surface area contributed by atoms with E-state index in [2.05, 4.69) is 32.1 Å². The van der Waals surface area contributed by atoms with Crippen LogP contribution in [0, 0.1) is 5.82 Å². The van der Waals surface area contributed by atoms with E-state index in [1.165, 1.54) is 25.0 Å². The number of piperazine rings is 1. The van der Waals surface area contributed by atoms with Crippen LogP contribution >= 0.6 is 0 Å². The largest absolute Gasteiger partial charge is 0.306 e. The normalized spacial score (nSPS) is 25.8. The van der Waals surface area contributed by atoms with Crippen LogP contribution in [0.15, 0.2) is 30.5 Å². The van der Waals surface area contributed by atoms with Gasteiger partial charge in [0, 0.05) is 44.8 Å². The molecular weight excluding hydrogens is 457 g/mol. The van der Waals surface area contributed by atoms with Crippen LogP contribution in [0.5, 0.6) is 0 Å². The number of likely N-dealkylation sites (tertiary alicyclic amines) is 1. The van der Waals surface area contributed by atoms with Crippen molar-refractivity contribution in [3.05, 3.63) is 47.5 Å². The van der Waals surface area contributed by atoms with E-state index in [1.807, 2.05) is 0 Å². The van der Waals surface area contributed by atoms with E-state index in [0.717, 1.165) is 44.8 Å². The first-order chi connectivity index (χ1) is 16.4. The van der Waals surface area contributed by atoms with Crippen molar-refractivity contribution in [2.45, 2.75) is 38.0 Å². The predicted octanol–water partition coefficient (Wildman–Crippen LogP) is 0.691. The van der Waals surface area contributed by atoms with Gasteiger partial charge in [-0.05, 0) is 50.7 Å². The topological polar surface area (TPSA) is 77.8 Å². The van der Waals surface area contributed by atoms with Crippen molar-refractivity contribution >= 4 is 10.0 Å². The Balaban J connectivity index is 1.14. The maximum absolute atomic E-state index is 13.1. The molecule has 1 aromatic heterocycles. The summed E-state index contributed by atoms with van der Waals surface area (Å²) in [6.07, 6.45) is 4.22. The van der Waals surface area contributed by atoms with Gasteiger partial charge in [0.15, 0.2) is 0 Å². The van der Waals surface area contributed by atoms with Crippen LogP contribution in [0.2, 0.25) is 0 Å². The highest BCUT2D eigenvalue weighted by molar-refractivity contribution is 7.89. The molecule has 3 aliphatic rings. The lowest BCUT2D eigenvalue weighted by Crippen LogP contribution is -2.55. The highest BCUT2D eigenvalue weighted by Gasteiger charge is 2.40. The number of hydrogen-bond acceptors (Lipinski definition) is 7. The SMILES string of the molecule is CN1CCC(N2CCN(C3CN(Cc4cn(Cc5ccc(F)cc5)nn4)S(=O)(=O)C3)CC2)CC1. The second kappa shape index (κ2) is 9.98. The van der Waals surface area contributed by atoms with E-state index in [1.54, 1.807) is 27.3 Å². The summed E-state index contributed by atoms with van der Waals surface area (Å²) >= 11 is 0. The average molecular weight is 492 g/mol. The van der Waals surface area contributed by atoms with Crippen molar-refractivity contribution in [1.29, 1.82) is 0 Å². The van der Waals surface area contributed by atoms with E-state index in [4.69, 9.17) is 0 Å². The third-order valence-corrected chi connectivity index (χ3v) is 9.33. The van der Waals surface area contributed by atoms with E-state index >= 15 is 0 Å². The van der Waals surface area contributed by atoms with Crippen molar-refractivity contribution in [3.63, 3.8) is 0 Å². The van der Waals surface area contributed by atoms with Gasteiger partial charge in [0.05, 0.1) is 30.7 Å². The lowest BCUT2D eigenvalue weighted by atomic mass is 10.0. The highest BCUT2D eigenvalue weighted by Crippen LogP contribution is 2.24. The molecule has 3 fully saturated rings. The molecule has 0 amide bonds. The molecule has 11 heteroatoms. The van der Waals surface area contributed by atoms with Crippen LogP contribution in [-0.4, -0.2) is 113 Å². The number of piperidine rings is 1. The maximum Gasteiger partial charge on any atom is 0.216 e. The Morgan fingerprint density at radius 1 is 0.941 bits per heavy atom. The molecule has 3 aliphatic heterocycles. The van der Waals surface area contributed by atoms with Gasteiger partial charge in [-0.15, -0.1) is 5.10 Å². The van der Waals surface area contributed by atoms with Gasteiger partial charge in [0.1, 0.15) is 5.82 Å². The molecule has 5 rings (SSSR count). The molecule has 0 saturated carbocycles. The molecule has 1 unspecified atom stereocenters. The first kappa shape index (κ1) is 23.8.